The van der Waals surface area contributed by atoms with E-state index in [4.69, 9.17) is 21.1 Å². The van der Waals surface area contributed by atoms with E-state index in [0.29, 0.717) is 39.9 Å². The number of benzene rings is 3. The molecule has 35 heavy (non-hydrogen) atoms. The fraction of sp³-hybridized carbons (Fsp3) is 0.214. The first kappa shape index (κ1) is 24.4. The number of halogens is 1. The lowest BCUT2D eigenvalue weighted by molar-refractivity contribution is -0.132. The van der Waals surface area contributed by atoms with Crippen LogP contribution in [-0.2, 0) is 9.59 Å². The Bertz CT molecular complexity index is 1280. The second kappa shape index (κ2) is 10.2. The third-order valence-corrected chi connectivity index (χ3v) is 5.77. The number of Topliss-reactive ketones (excluding diaryl/α,β-unsaturated/α-hetero) is 1. The largest absolute Gasteiger partial charge is 0.507 e. The number of carbonyl (C=O) groups is 2. The van der Waals surface area contributed by atoms with E-state index >= 15 is 0 Å². The Morgan fingerprint density at radius 1 is 1.00 bits per heavy atom. The summed E-state index contributed by atoms with van der Waals surface area (Å²) in [5.41, 5.74) is 1.48. The van der Waals surface area contributed by atoms with Gasteiger partial charge in [0.15, 0.2) is 0 Å². The fourth-order valence-electron chi connectivity index (χ4n) is 4.10. The van der Waals surface area contributed by atoms with Crippen LogP contribution in [-0.4, -0.2) is 29.5 Å². The van der Waals surface area contributed by atoms with Crippen LogP contribution < -0.4 is 14.4 Å². The zero-order chi connectivity index (χ0) is 25.1. The number of hydrogen-bond donors (Lipinski definition) is 1. The van der Waals surface area contributed by atoms with Gasteiger partial charge < -0.3 is 14.6 Å². The molecule has 7 heteroatoms. The fourth-order valence-corrected chi connectivity index (χ4v) is 4.23. The molecule has 3 aromatic carbocycles. The van der Waals surface area contributed by atoms with Gasteiger partial charge in [-0.1, -0.05) is 35.9 Å². The van der Waals surface area contributed by atoms with Crippen LogP contribution in [0.15, 0.2) is 78.4 Å². The van der Waals surface area contributed by atoms with Gasteiger partial charge in [0.05, 0.1) is 24.3 Å². The van der Waals surface area contributed by atoms with Crippen LogP contribution in [0, 0.1) is 0 Å². The molecule has 0 saturated carbocycles. The molecule has 1 atom stereocenters. The molecule has 1 saturated heterocycles. The quantitative estimate of drug-likeness (QED) is 0.243. The van der Waals surface area contributed by atoms with E-state index in [1.54, 1.807) is 72.8 Å². The number of rotatable bonds is 7. The molecule has 180 valence electrons. The molecule has 1 N–H and O–H groups in total. The minimum absolute atomic E-state index is 0.0136. The van der Waals surface area contributed by atoms with Crippen LogP contribution in [0.5, 0.6) is 11.5 Å². The van der Waals surface area contributed by atoms with Crippen LogP contribution in [0.2, 0.25) is 5.02 Å². The van der Waals surface area contributed by atoms with Crippen LogP contribution in [0.4, 0.5) is 5.69 Å². The number of ether oxygens (including phenoxy) is 2. The van der Waals surface area contributed by atoms with Crippen molar-refractivity contribution < 1.29 is 24.2 Å². The molecule has 0 aliphatic carbocycles. The van der Waals surface area contributed by atoms with Gasteiger partial charge in [-0.25, -0.2) is 0 Å². The maximum atomic E-state index is 13.3. The molecule has 0 bridgehead atoms. The summed E-state index contributed by atoms with van der Waals surface area (Å²) in [5.74, 6) is -0.652. The summed E-state index contributed by atoms with van der Waals surface area (Å²) < 4.78 is 11.4. The Labute approximate surface area is 209 Å². The molecule has 1 aliphatic rings. The number of nitrogens with zero attached hydrogens (tertiary/aromatic N) is 1. The topological polar surface area (TPSA) is 76.1 Å². The normalized spacial score (nSPS) is 17.2. The summed E-state index contributed by atoms with van der Waals surface area (Å²) in [5, 5.41) is 11.9. The van der Waals surface area contributed by atoms with Gasteiger partial charge in [-0.2, -0.15) is 0 Å². The molecule has 0 spiro atoms. The van der Waals surface area contributed by atoms with Crippen LogP contribution in [0.1, 0.15) is 37.9 Å². The van der Waals surface area contributed by atoms with Crippen molar-refractivity contribution in [3.8, 4) is 11.5 Å². The zero-order valence-corrected chi connectivity index (χ0v) is 20.5. The van der Waals surface area contributed by atoms with Crippen molar-refractivity contribution in [1.82, 2.24) is 0 Å². The Morgan fingerprint density at radius 2 is 1.69 bits per heavy atom. The second-order valence-electron chi connectivity index (χ2n) is 8.35. The van der Waals surface area contributed by atoms with Crippen molar-refractivity contribution in [3.63, 3.8) is 0 Å². The van der Waals surface area contributed by atoms with Crippen LogP contribution >= 0.6 is 11.6 Å². The molecule has 1 unspecified atom stereocenters. The van der Waals surface area contributed by atoms with Gasteiger partial charge in [0.25, 0.3) is 11.7 Å². The monoisotopic (exact) mass is 491 g/mol. The molecule has 4 rings (SSSR count). The minimum atomic E-state index is -0.869. The molecular weight excluding hydrogens is 466 g/mol. The molecule has 6 nitrogen and oxygen atoms in total. The van der Waals surface area contributed by atoms with Gasteiger partial charge in [-0.3, -0.25) is 14.5 Å². The lowest BCUT2D eigenvalue weighted by Gasteiger charge is -2.26. The molecule has 3 aromatic rings. The van der Waals surface area contributed by atoms with Crippen LogP contribution in [0.25, 0.3) is 5.76 Å². The molecule has 1 amide bonds. The van der Waals surface area contributed by atoms with Crippen molar-refractivity contribution in [2.75, 3.05) is 11.5 Å². The Morgan fingerprint density at radius 3 is 2.37 bits per heavy atom. The van der Waals surface area contributed by atoms with Gasteiger partial charge in [0, 0.05) is 16.3 Å². The average Bonchev–Trinajstić information content (AvgIpc) is 3.10. The Kier molecular flexibility index (Phi) is 7.12. The Balaban J connectivity index is 1.90. The van der Waals surface area contributed by atoms with E-state index in [1.807, 2.05) is 20.8 Å². The van der Waals surface area contributed by atoms with Crippen molar-refractivity contribution in [2.24, 2.45) is 0 Å². The van der Waals surface area contributed by atoms with E-state index in [0.717, 1.165) is 0 Å². The number of carbonyl (C=O) groups excluding carboxylic acids is 2. The summed E-state index contributed by atoms with van der Waals surface area (Å²) in [7, 11) is 0. The maximum Gasteiger partial charge on any atom is 0.300 e. The Hall–Kier alpha value is -3.77. The number of ketones is 1. The molecule has 1 fully saturated rings. The summed E-state index contributed by atoms with van der Waals surface area (Å²) >= 11 is 6.05. The summed E-state index contributed by atoms with van der Waals surface area (Å²) in [6, 6.07) is 19.8. The third-order valence-electron chi connectivity index (χ3n) is 5.51. The van der Waals surface area contributed by atoms with Crippen molar-refractivity contribution >= 4 is 34.7 Å². The minimum Gasteiger partial charge on any atom is -0.507 e. The first-order valence-corrected chi connectivity index (χ1v) is 11.7. The summed E-state index contributed by atoms with van der Waals surface area (Å²) in [6.45, 7) is 6.13. The first-order valence-electron chi connectivity index (χ1n) is 11.4. The first-order chi connectivity index (χ1) is 16.8. The molecule has 0 aromatic heterocycles. The van der Waals surface area contributed by atoms with E-state index in [1.165, 1.54) is 4.90 Å². The predicted octanol–water partition coefficient (Wildman–Crippen LogP) is 6.15. The van der Waals surface area contributed by atoms with Gasteiger partial charge in [-0.15, -0.1) is 0 Å². The predicted molar refractivity (Wildman–Crippen MR) is 136 cm³/mol. The van der Waals surface area contributed by atoms with E-state index < -0.39 is 17.7 Å². The maximum absolute atomic E-state index is 13.3. The second-order valence-corrected chi connectivity index (χ2v) is 8.78. The van der Waals surface area contributed by atoms with Crippen molar-refractivity contribution in [3.05, 3.63) is 94.5 Å². The molecule has 1 heterocycles. The molecular formula is C28H26ClNO5. The smallest absolute Gasteiger partial charge is 0.300 e. The SMILES string of the molecule is CCOc1cccc(C2/C(=C(/O)c3cccc(OC(C)C)c3)C(=O)C(=O)N2c2ccc(Cl)cc2)c1. The lowest BCUT2D eigenvalue weighted by Crippen LogP contribution is -2.29. The van der Waals surface area contributed by atoms with Gasteiger partial charge in [0.1, 0.15) is 17.3 Å². The number of anilines is 1. The highest BCUT2D eigenvalue weighted by Gasteiger charge is 2.47. The molecule has 1 aliphatic heterocycles. The number of amides is 1. The number of aliphatic hydroxyl groups is 1. The molecule has 0 radical (unpaired) electrons. The average molecular weight is 492 g/mol. The standard InChI is InChI=1S/C28H26ClNO5/c1-4-34-22-9-5-7-18(15-22)25-24(26(31)19-8-6-10-23(16-19)35-17(2)3)27(32)28(33)30(25)21-13-11-20(29)12-14-21/h5-17,25,31H,4H2,1-3H3/b26-24-. The lowest BCUT2D eigenvalue weighted by atomic mass is 9.95. The number of hydrogen-bond acceptors (Lipinski definition) is 5. The summed E-state index contributed by atoms with van der Waals surface area (Å²) in [4.78, 5) is 28.0. The van der Waals surface area contributed by atoms with Crippen LogP contribution in [0.3, 0.4) is 0 Å². The highest BCUT2D eigenvalue weighted by molar-refractivity contribution is 6.51. The number of aliphatic hydroxyl groups excluding tert-OH is 1. The van der Waals surface area contributed by atoms with Gasteiger partial charge in [-0.05, 0) is 74.9 Å². The zero-order valence-electron chi connectivity index (χ0n) is 19.7. The third kappa shape index (κ3) is 5.03. The highest BCUT2D eigenvalue weighted by Crippen LogP contribution is 2.43. The van der Waals surface area contributed by atoms with E-state index in [9.17, 15) is 14.7 Å². The van der Waals surface area contributed by atoms with E-state index in [2.05, 4.69) is 0 Å². The van der Waals surface area contributed by atoms with Gasteiger partial charge in [0.2, 0.25) is 0 Å². The summed E-state index contributed by atoms with van der Waals surface area (Å²) in [6.07, 6.45) is -0.0656. The van der Waals surface area contributed by atoms with Crippen molar-refractivity contribution in [1.29, 1.82) is 0 Å². The van der Waals surface area contributed by atoms with Gasteiger partial charge >= 0.3 is 0 Å². The highest BCUT2D eigenvalue weighted by atomic mass is 35.5. The van der Waals surface area contributed by atoms with E-state index in [-0.39, 0.29) is 17.4 Å². The van der Waals surface area contributed by atoms with Crippen molar-refractivity contribution in [2.45, 2.75) is 32.9 Å².